The Hall–Kier alpha value is -3.60. The van der Waals surface area contributed by atoms with Gasteiger partial charge in [-0.25, -0.2) is 0 Å². The van der Waals surface area contributed by atoms with Gasteiger partial charge in [-0.3, -0.25) is 0 Å². The fourth-order valence-corrected chi connectivity index (χ4v) is 6.65. The Morgan fingerprint density at radius 1 is 0.711 bits per heavy atom. The van der Waals surface area contributed by atoms with Crippen molar-refractivity contribution in [1.29, 1.82) is 0 Å². The van der Waals surface area contributed by atoms with Gasteiger partial charge in [0.1, 0.15) is 11.2 Å². The molecule has 0 bridgehead atoms. The summed E-state index contributed by atoms with van der Waals surface area (Å²) >= 11 is 0. The van der Waals surface area contributed by atoms with Crippen LogP contribution >= 0.6 is 0 Å². The zero-order valence-electron chi connectivity index (χ0n) is 22.1. The predicted molar refractivity (Wildman–Crippen MR) is 155 cm³/mol. The monoisotopic (exact) mass is 496 g/mol. The first kappa shape index (κ1) is 22.4. The molecule has 0 amide bonds. The van der Waals surface area contributed by atoms with Crippen LogP contribution in [0.4, 0.5) is 0 Å². The second-order valence-corrected chi connectivity index (χ2v) is 12.0. The minimum absolute atomic E-state index is 0.355. The summed E-state index contributed by atoms with van der Waals surface area (Å²) in [6.07, 6.45) is 20.5. The van der Waals surface area contributed by atoms with E-state index >= 15 is 0 Å². The third-order valence-electron chi connectivity index (χ3n) is 9.35. The van der Waals surface area contributed by atoms with Gasteiger partial charge < -0.3 is 13.7 Å². The summed E-state index contributed by atoms with van der Waals surface area (Å²) in [5, 5.41) is 2.16. The Bertz CT molecular complexity index is 1770. The Kier molecular flexibility index (Phi) is 4.42. The number of benzene rings is 2. The third-order valence-corrected chi connectivity index (χ3v) is 9.35. The lowest BCUT2D eigenvalue weighted by atomic mass is 9.63. The number of allylic oxidation sites excluding steroid dienone is 14. The highest BCUT2D eigenvalue weighted by atomic mass is 16.7. The maximum atomic E-state index is 6.46. The lowest BCUT2D eigenvalue weighted by Crippen LogP contribution is -2.41. The van der Waals surface area contributed by atoms with Crippen molar-refractivity contribution in [2.24, 2.45) is 11.8 Å². The molecule has 0 N–H and O–H groups in total. The van der Waals surface area contributed by atoms with E-state index in [2.05, 4.69) is 107 Å². The van der Waals surface area contributed by atoms with Gasteiger partial charge in [-0.2, -0.15) is 0 Å². The van der Waals surface area contributed by atoms with Crippen molar-refractivity contribution < 1.29 is 13.7 Å². The van der Waals surface area contributed by atoms with Gasteiger partial charge in [-0.15, -0.1) is 0 Å². The maximum Gasteiger partial charge on any atom is 0.495 e. The minimum atomic E-state index is -0.448. The average Bonchev–Trinajstić information content (AvgIpc) is 3.39. The molecule has 2 aromatic carbocycles. The van der Waals surface area contributed by atoms with E-state index in [0.29, 0.717) is 11.8 Å². The Balaban J connectivity index is 1.30. The Morgan fingerprint density at radius 2 is 1.45 bits per heavy atom. The molecule has 2 unspecified atom stereocenters. The zero-order valence-corrected chi connectivity index (χ0v) is 22.1. The highest BCUT2D eigenvalue weighted by Crippen LogP contribution is 2.51. The molecule has 3 aromatic rings. The third kappa shape index (κ3) is 2.99. The second kappa shape index (κ2) is 7.50. The Labute approximate surface area is 223 Å². The quantitative estimate of drug-likeness (QED) is 0.347. The normalized spacial score (nSPS) is 26.1. The fourth-order valence-electron chi connectivity index (χ4n) is 6.65. The van der Waals surface area contributed by atoms with Crippen LogP contribution in [0.5, 0.6) is 0 Å². The van der Waals surface area contributed by atoms with Crippen molar-refractivity contribution in [2.45, 2.75) is 38.9 Å². The molecule has 8 rings (SSSR count). The molecule has 4 heteroatoms. The molecule has 186 valence electrons. The highest BCUT2D eigenvalue weighted by Gasteiger charge is 2.52. The second-order valence-electron chi connectivity index (χ2n) is 12.0. The molecule has 5 aliphatic rings. The van der Waals surface area contributed by atoms with Gasteiger partial charge in [0, 0.05) is 22.6 Å². The van der Waals surface area contributed by atoms with E-state index in [1.54, 1.807) is 0 Å². The molecule has 1 aliphatic heterocycles. The van der Waals surface area contributed by atoms with E-state index < -0.39 is 18.3 Å². The molecule has 1 saturated heterocycles. The molecule has 4 aliphatic carbocycles. The summed E-state index contributed by atoms with van der Waals surface area (Å²) in [5.74, 6) is 0.752. The summed E-state index contributed by atoms with van der Waals surface area (Å²) < 4.78 is 19.2. The number of furan rings is 1. The lowest BCUT2D eigenvalue weighted by molar-refractivity contribution is 0.00578. The maximum absolute atomic E-state index is 6.46. The van der Waals surface area contributed by atoms with Crippen LogP contribution in [0.15, 0.2) is 118 Å². The van der Waals surface area contributed by atoms with Gasteiger partial charge in [0.05, 0.1) is 11.2 Å². The summed E-state index contributed by atoms with van der Waals surface area (Å²) in [4.78, 5) is 0. The Morgan fingerprint density at radius 3 is 2.26 bits per heavy atom. The number of rotatable bonds is 2. The molecule has 1 fully saturated rings. The molecule has 38 heavy (non-hydrogen) atoms. The fraction of sp³-hybridized carbons (Fsp3) is 0.235. The van der Waals surface area contributed by atoms with E-state index in [0.717, 1.165) is 27.4 Å². The van der Waals surface area contributed by atoms with Crippen LogP contribution in [0.2, 0.25) is 0 Å². The van der Waals surface area contributed by atoms with Crippen LogP contribution in [-0.2, 0) is 9.31 Å². The van der Waals surface area contributed by atoms with Gasteiger partial charge in [-0.1, -0.05) is 72.9 Å². The van der Waals surface area contributed by atoms with Crippen LogP contribution in [0.3, 0.4) is 0 Å². The van der Waals surface area contributed by atoms with Crippen LogP contribution < -0.4 is 5.46 Å². The van der Waals surface area contributed by atoms with Crippen molar-refractivity contribution >= 4 is 40.1 Å². The molecule has 0 radical (unpaired) electrons. The first-order valence-electron chi connectivity index (χ1n) is 13.5. The largest absolute Gasteiger partial charge is 0.495 e. The molecule has 0 spiro atoms. The zero-order chi connectivity index (χ0) is 25.8. The molecular formula is C34H29BO3. The molecule has 2 atom stereocenters. The van der Waals surface area contributed by atoms with E-state index in [4.69, 9.17) is 13.7 Å². The number of fused-ring (bicyclic) bond motifs is 3. The van der Waals surface area contributed by atoms with Crippen molar-refractivity contribution in [1.82, 2.24) is 0 Å². The molecule has 1 aromatic heterocycles. The smallest absolute Gasteiger partial charge is 0.456 e. The molecule has 2 heterocycles. The van der Waals surface area contributed by atoms with Gasteiger partial charge >= 0.3 is 7.12 Å². The van der Waals surface area contributed by atoms with E-state index in [1.807, 2.05) is 12.1 Å². The molecule has 0 saturated carbocycles. The SMILES string of the molecule is CC1(C)OB(c2cccc3oc4ccc(C5=C6C=CC7=CC=CC8=CC=C(C=C5)C6C78)cc4c23)OC1(C)C. The average molecular weight is 496 g/mol. The topological polar surface area (TPSA) is 31.6 Å². The van der Waals surface area contributed by atoms with Gasteiger partial charge in [0.15, 0.2) is 0 Å². The summed E-state index contributed by atoms with van der Waals surface area (Å²) in [7, 11) is -0.448. The van der Waals surface area contributed by atoms with Crippen LogP contribution in [0.25, 0.3) is 27.5 Å². The number of hydrogen-bond acceptors (Lipinski definition) is 3. The summed E-state index contributed by atoms with van der Waals surface area (Å²) in [6, 6.07) is 12.8. The minimum Gasteiger partial charge on any atom is -0.456 e. The van der Waals surface area contributed by atoms with Crippen molar-refractivity contribution in [3.63, 3.8) is 0 Å². The lowest BCUT2D eigenvalue weighted by Gasteiger charge is -2.40. The van der Waals surface area contributed by atoms with Crippen LogP contribution in [-0.4, -0.2) is 18.3 Å². The van der Waals surface area contributed by atoms with E-state index in [9.17, 15) is 0 Å². The predicted octanol–water partition coefficient (Wildman–Crippen LogP) is 7.37. The number of hydrogen-bond donors (Lipinski definition) is 0. The van der Waals surface area contributed by atoms with E-state index in [1.165, 1.54) is 33.4 Å². The van der Waals surface area contributed by atoms with E-state index in [-0.39, 0.29) is 0 Å². The van der Waals surface area contributed by atoms with Crippen molar-refractivity contribution in [3.8, 4) is 0 Å². The molecular weight excluding hydrogens is 467 g/mol. The highest BCUT2D eigenvalue weighted by molar-refractivity contribution is 6.66. The summed E-state index contributed by atoms with van der Waals surface area (Å²) in [6.45, 7) is 8.38. The van der Waals surface area contributed by atoms with Crippen LogP contribution in [0.1, 0.15) is 33.3 Å². The standard InChI is InChI=1S/C34H29BO3/c1-33(2)34(3,4)38-35(37-33)27-9-6-10-29-32(27)26-19-23(15-18-28(26)36-29)24-16-13-22-12-11-20-7-5-8-21-14-17-25(24)31(22)30(20)21/h5-19,30-31H,1-4H3. The van der Waals surface area contributed by atoms with Crippen molar-refractivity contribution in [3.05, 3.63) is 119 Å². The first-order chi connectivity index (χ1) is 18.3. The van der Waals surface area contributed by atoms with Crippen LogP contribution in [0, 0.1) is 11.8 Å². The first-order valence-corrected chi connectivity index (χ1v) is 13.5. The van der Waals surface area contributed by atoms with Gasteiger partial charge in [0.25, 0.3) is 0 Å². The summed E-state index contributed by atoms with van der Waals surface area (Å²) in [5.41, 5.74) is 10.00. The molecule has 3 nitrogen and oxygen atoms in total. The van der Waals surface area contributed by atoms with Gasteiger partial charge in [-0.05, 0) is 84.8 Å². The van der Waals surface area contributed by atoms with Crippen molar-refractivity contribution in [2.75, 3.05) is 0 Å². The van der Waals surface area contributed by atoms with Gasteiger partial charge in [0.2, 0.25) is 0 Å².